The number of benzene rings is 1. The molecular formula is C15H14BrFO2S. The second kappa shape index (κ2) is 5.66. The van der Waals surface area contributed by atoms with Gasteiger partial charge < -0.3 is 5.11 Å². The number of carboxylic acids is 1. The molecule has 0 aliphatic heterocycles. The molecule has 1 aromatic carbocycles. The van der Waals surface area contributed by atoms with E-state index in [0.29, 0.717) is 5.56 Å². The molecule has 1 heterocycles. The summed E-state index contributed by atoms with van der Waals surface area (Å²) in [6, 6.07) is 9.91. The zero-order valence-electron chi connectivity index (χ0n) is 11.1. The van der Waals surface area contributed by atoms with Crippen molar-refractivity contribution < 1.29 is 14.3 Å². The minimum Gasteiger partial charge on any atom is -0.481 e. The number of carbonyl (C=O) groups is 1. The molecule has 1 atom stereocenters. The van der Waals surface area contributed by atoms with E-state index in [1.807, 2.05) is 12.1 Å². The lowest BCUT2D eigenvalue weighted by atomic mass is 9.74. The highest BCUT2D eigenvalue weighted by molar-refractivity contribution is 9.11. The number of halogens is 2. The molecule has 0 amide bonds. The highest BCUT2D eigenvalue weighted by atomic mass is 79.9. The van der Waals surface area contributed by atoms with Gasteiger partial charge in [0.2, 0.25) is 0 Å². The van der Waals surface area contributed by atoms with Crippen LogP contribution >= 0.6 is 27.3 Å². The van der Waals surface area contributed by atoms with Crippen LogP contribution in [0.2, 0.25) is 0 Å². The fourth-order valence-electron chi connectivity index (χ4n) is 2.23. The van der Waals surface area contributed by atoms with Crippen molar-refractivity contribution in [1.29, 1.82) is 0 Å². The number of carboxylic acid groups (broad SMARTS) is 1. The Bertz CT molecular complexity index is 636. The fourth-order valence-corrected chi connectivity index (χ4v) is 3.97. The lowest BCUT2D eigenvalue weighted by Gasteiger charge is -2.30. The molecule has 2 rings (SSSR count). The minimum atomic E-state index is -1.03. The van der Waals surface area contributed by atoms with Crippen LogP contribution in [0.1, 0.15) is 30.2 Å². The van der Waals surface area contributed by atoms with E-state index in [0.717, 1.165) is 8.66 Å². The summed E-state index contributed by atoms with van der Waals surface area (Å²) in [6.07, 6.45) is 0. The van der Waals surface area contributed by atoms with Crippen molar-refractivity contribution in [1.82, 2.24) is 0 Å². The molecule has 1 aromatic heterocycles. The summed E-state index contributed by atoms with van der Waals surface area (Å²) in [6.45, 7) is 3.33. The molecule has 0 aliphatic carbocycles. The van der Waals surface area contributed by atoms with Gasteiger partial charge in [0.25, 0.3) is 0 Å². The first-order valence-electron chi connectivity index (χ1n) is 6.06. The van der Waals surface area contributed by atoms with Gasteiger partial charge in [-0.2, -0.15) is 0 Å². The summed E-state index contributed by atoms with van der Waals surface area (Å²) in [5.74, 6) is -1.66. The molecule has 106 valence electrons. The highest BCUT2D eigenvalue weighted by Gasteiger charge is 2.39. The van der Waals surface area contributed by atoms with Crippen LogP contribution in [-0.2, 0) is 4.79 Å². The van der Waals surface area contributed by atoms with Gasteiger partial charge >= 0.3 is 5.97 Å². The average Bonchev–Trinajstić information content (AvgIpc) is 2.75. The first-order chi connectivity index (χ1) is 9.32. The lowest BCUT2D eigenvalue weighted by Crippen LogP contribution is -2.31. The summed E-state index contributed by atoms with van der Waals surface area (Å²) < 4.78 is 14.4. The van der Waals surface area contributed by atoms with Gasteiger partial charge in [-0.3, -0.25) is 4.79 Å². The summed E-state index contributed by atoms with van der Waals surface area (Å²) in [5, 5.41) is 9.51. The Morgan fingerprint density at radius 1 is 1.35 bits per heavy atom. The van der Waals surface area contributed by atoms with E-state index >= 15 is 0 Å². The van der Waals surface area contributed by atoms with E-state index < -0.39 is 17.3 Å². The van der Waals surface area contributed by atoms with Crippen LogP contribution in [0.15, 0.2) is 40.2 Å². The van der Waals surface area contributed by atoms with Crippen LogP contribution in [0, 0.1) is 11.2 Å². The predicted octanol–water partition coefficient (Wildman–Crippen LogP) is 4.89. The molecule has 0 bridgehead atoms. The number of hydrogen-bond acceptors (Lipinski definition) is 2. The van der Waals surface area contributed by atoms with Gasteiger partial charge in [-0.05, 0) is 59.6 Å². The van der Waals surface area contributed by atoms with E-state index in [-0.39, 0.29) is 5.82 Å². The maximum Gasteiger partial charge on any atom is 0.310 e. The molecule has 1 N–H and O–H groups in total. The quantitative estimate of drug-likeness (QED) is 0.846. The normalized spacial score (nSPS) is 13.2. The van der Waals surface area contributed by atoms with E-state index in [9.17, 15) is 14.3 Å². The fraction of sp³-hybridized carbons (Fsp3) is 0.267. The average molecular weight is 357 g/mol. The van der Waals surface area contributed by atoms with Gasteiger partial charge in [-0.25, -0.2) is 4.39 Å². The van der Waals surface area contributed by atoms with Crippen LogP contribution in [0.4, 0.5) is 4.39 Å². The Morgan fingerprint density at radius 2 is 2.05 bits per heavy atom. The summed E-state index contributed by atoms with van der Waals surface area (Å²) in [7, 11) is 0. The van der Waals surface area contributed by atoms with E-state index in [2.05, 4.69) is 15.9 Å². The Balaban J connectivity index is 2.58. The van der Waals surface area contributed by atoms with Crippen LogP contribution in [-0.4, -0.2) is 11.1 Å². The van der Waals surface area contributed by atoms with Crippen molar-refractivity contribution >= 4 is 33.2 Å². The van der Waals surface area contributed by atoms with E-state index in [1.54, 1.807) is 26.0 Å². The summed E-state index contributed by atoms with van der Waals surface area (Å²) in [4.78, 5) is 12.5. The molecule has 0 aliphatic rings. The maximum atomic E-state index is 13.5. The monoisotopic (exact) mass is 356 g/mol. The molecule has 0 spiro atoms. The Morgan fingerprint density at radius 3 is 2.55 bits per heavy atom. The minimum absolute atomic E-state index is 0.357. The Kier molecular flexibility index (Phi) is 4.30. The standard InChI is InChI=1S/C15H14BrFO2S/c1-15(2,14(18)19)13(11-6-7-12(16)20-11)9-4-3-5-10(17)8-9/h3-8,13H,1-2H3,(H,18,19)/t13-/m0/s1. The third-order valence-electron chi connectivity index (χ3n) is 3.33. The first-order valence-corrected chi connectivity index (χ1v) is 7.67. The number of thiophene rings is 1. The molecule has 20 heavy (non-hydrogen) atoms. The maximum absolute atomic E-state index is 13.5. The molecule has 0 saturated carbocycles. The second-order valence-corrected chi connectivity index (χ2v) is 7.65. The highest BCUT2D eigenvalue weighted by Crippen LogP contribution is 2.44. The molecule has 0 unspecified atom stereocenters. The second-order valence-electron chi connectivity index (χ2n) is 5.16. The van der Waals surface area contributed by atoms with Crippen molar-refractivity contribution in [2.75, 3.05) is 0 Å². The summed E-state index contributed by atoms with van der Waals surface area (Å²) >= 11 is 4.86. The van der Waals surface area contributed by atoms with E-state index in [1.165, 1.54) is 23.5 Å². The topological polar surface area (TPSA) is 37.3 Å². The molecule has 0 saturated heterocycles. The van der Waals surface area contributed by atoms with Gasteiger partial charge in [0.1, 0.15) is 5.82 Å². The van der Waals surface area contributed by atoms with Gasteiger partial charge in [0.15, 0.2) is 0 Å². The van der Waals surface area contributed by atoms with Crippen molar-refractivity contribution in [3.05, 3.63) is 56.4 Å². The van der Waals surface area contributed by atoms with Crippen LogP contribution in [0.25, 0.3) is 0 Å². The first kappa shape index (κ1) is 15.2. The van der Waals surface area contributed by atoms with Gasteiger partial charge in [0, 0.05) is 10.8 Å². The zero-order chi connectivity index (χ0) is 14.9. The summed E-state index contributed by atoms with van der Waals surface area (Å²) in [5.41, 5.74) is -0.357. The predicted molar refractivity (Wildman–Crippen MR) is 81.7 cm³/mol. The third kappa shape index (κ3) is 2.94. The van der Waals surface area contributed by atoms with Gasteiger partial charge in [-0.15, -0.1) is 11.3 Å². The molecule has 2 nitrogen and oxygen atoms in total. The number of hydrogen-bond donors (Lipinski definition) is 1. The molecule has 5 heteroatoms. The van der Waals surface area contributed by atoms with Crippen LogP contribution in [0.3, 0.4) is 0 Å². The van der Waals surface area contributed by atoms with Crippen molar-refractivity contribution in [3.63, 3.8) is 0 Å². The van der Waals surface area contributed by atoms with Crippen molar-refractivity contribution in [2.24, 2.45) is 5.41 Å². The SMILES string of the molecule is CC(C)(C(=O)O)[C@@H](c1cccc(F)c1)c1ccc(Br)s1. The molecule has 0 fully saturated rings. The van der Waals surface area contributed by atoms with Crippen molar-refractivity contribution in [3.8, 4) is 0 Å². The van der Waals surface area contributed by atoms with Crippen LogP contribution in [0.5, 0.6) is 0 Å². The zero-order valence-corrected chi connectivity index (χ0v) is 13.5. The molecule has 2 aromatic rings. The lowest BCUT2D eigenvalue weighted by molar-refractivity contribution is -0.147. The largest absolute Gasteiger partial charge is 0.481 e. The van der Waals surface area contributed by atoms with Gasteiger partial charge in [0.05, 0.1) is 9.20 Å². The van der Waals surface area contributed by atoms with E-state index in [4.69, 9.17) is 0 Å². The number of rotatable bonds is 4. The Hall–Kier alpha value is -1.20. The number of aliphatic carboxylic acids is 1. The van der Waals surface area contributed by atoms with Crippen molar-refractivity contribution in [2.45, 2.75) is 19.8 Å². The third-order valence-corrected chi connectivity index (χ3v) is 5.02. The van der Waals surface area contributed by atoms with Crippen LogP contribution < -0.4 is 0 Å². The molecular weight excluding hydrogens is 343 g/mol. The van der Waals surface area contributed by atoms with Gasteiger partial charge in [-0.1, -0.05) is 12.1 Å². The molecule has 0 radical (unpaired) electrons. The Labute approximate surface area is 129 Å². The smallest absolute Gasteiger partial charge is 0.310 e.